The van der Waals surface area contributed by atoms with Gasteiger partial charge >= 0.3 is 0 Å². The average molecular weight is 352 g/mol. The van der Waals surface area contributed by atoms with E-state index in [0.29, 0.717) is 22.5 Å². The van der Waals surface area contributed by atoms with Crippen LogP contribution >= 0.6 is 0 Å². The summed E-state index contributed by atoms with van der Waals surface area (Å²) in [7, 11) is 0. The minimum Gasteiger partial charge on any atom is -0.508 e. The Hall–Kier alpha value is -3.79. The molecule has 0 spiro atoms. The Morgan fingerprint density at radius 2 is 1.19 bits per heavy atom. The van der Waals surface area contributed by atoms with Crippen LogP contribution < -0.4 is 0 Å². The summed E-state index contributed by atoms with van der Waals surface area (Å²) in [5.41, 5.74) is 2.56. The zero-order valence-electron chi connectivity index (χ0n) is 14.4. The molecule has 0 aliphatic carbocycles. The Morgan fingerprint density at radius 1 is 0.630 bits per heavy atom. The van der Waals surface area contributed by atoms with Crippen molar-refractivity contribution in [2.24, 2.45) is 10.2 Å². The molecular formula is C23H16N2O2. The number of hydrogen-bond acceptors (Lipinski definition) is 4. The topological polar surface area (TPSA) is 62.0 Å². The average Bonchev–Trinajstić information content (AvgIpc) is 2.73. The molecule has 0 bridgehead atoms. The Kier molecular flexibility index (Phi) is 4.45. The van der Waals surface area contributed by atoms with Crippen molar-refractivity contribution in [1.82, 2.24) is 0 Å². The summed E-state index contributed by atoms with van der Waals surface area (Å²) in [4.78, 5) is 12.7. The maximum atomic E-state index is 12.7. The lowest BCUT2D eigenvalue weighted by molar-refractivity contribution is 0.103. The highest BCUT2D eigenvalue weighted by molar-refractivity contribution is 6.10. The van der Waals surface area contributed by atoms with E-state index < -0.39 is 0 Å². The molecule has 27 heavy (non-hydrogen) atoms. The lowest BCUT2D eigenvalue weighted by atomic mass is 10.00. The summed E-state index contributed by atoms with van der Waals surface area (Å²) in [6, 6.07) is 27.2. The predicted molar refractivity (Wildman–Crippen MR) is 106 cm³/mol. The SMILES string of the molecule is O=C(c1ccc(N=Nc2ccc(O)cc2)cc1)c1ccc2ccccc2c1. The van der Waals surface area contributed by atoms with Gasteiger partial charge in [-0.3, -0.25) is 4.79 Å². The number of azo groups is 1. The smallest absolute Gasteiger partial charge is 0.193 e. The van der Waals surface area contributed by atoms with Crippen molar-refractivity contribution in [3.8, 4) is 5.75 Å². The number of fused-ring (bicyclic) bond motifs is 1. The molecule has 4 heteroatoms. The van der Waals surface area contributed by atoms with Crippen LogP contribution in [0.4, 0.5) is 11.4 Å². The van der Waals surface area contributed by atoms with E-state index in [4.69, 9.17) is 0 Å². The molecule has 0 aliphatic rings. The maximum Gasteiger partial charge on any atom is 0.193 e. The summed E-state index contributed by atoms with van der Waals surface area (Å²) in [6.45, 7) is 0. The highest BCUT2D eigenvalue weighted by atomic mass is 16.3. The summed E-state index contributed by atoms with van der Waals surface area (Å²) in [6.07, 6.45) is 0. The Bertz CT molecular complexity index is 1130. The van der Waals surface area contributed by atoms with E-state index in [9.17, 15) is 9.90 Å². The molecule has 0 radical (unpaired) electrons. The molecule has 0 aromatic heterocycles. The van der Waals surface area contributed by atoms with Gasteiger partial charge in [0.05, 0.1) is 11.4 Å². The summed E-state index contributed by atoms with van der Waals surface area (Å²) >= 11 is 0. The molecule has 130 valence electrons. The molecule has 0 fully saturated rings. The van der Waals surface area contributed by atoms with Gasteiger partial charge in [-0.1, -0.05) is 36.4 Å². The standard InChI is InChI=1S/C23H16N2O2/c26-22-13-11-21(12-14-22)25-24-20-9-7-17(8-10-20)23(27)19-6-5-16-3-1-2-4-18(16)15-19/h1-15,26H. The number of ketones is 1. The van der Waals surface area contributed by atoms with Gasteiger partial charge in [-0.15, -0.1) is 0 Å². The first kappa shape index (κ1) is 16.7. The minimum atomic E-state index is -0.0252. The molecule has 1 N–H and O–H groups in total. The third-order valence-corrected chi connectivity index (χ3v) is 4.27. The normalized spacial score (nSPS) is 11.1. The molecule has 4 rings (SSSR count). The zero-order chi connectivity index (χ0) is 18.6. The lowest BCUT2D eigenvalue weighted by Crippen LogP contribution is -2.00. The van der Waals surface area contributed by atoms with Crippen molar-refractivity contribution in [3.05, 3.63) is 102 Å². The van der Waals surface area contributed by atoms with Gasteiger partial charge in [-0.2, -0.15) is 10.2 Å². The Labute approximate surface area is 156 Å². The van der Waals surface area contributed by atoms with Gasteiger partial charge < -0.3 is 5.11 Å². The van der Waals surface area contributed by atoms with E-state index in [1.165, 1.54) is 0 Å². The number of benzene rings is 4. The van der Waals surface area contributed by atoms with Gasteiger partial charge in [-0.25, -0.2) is 0 Å². The summed E-state index contributed by atoms with van der Waals surface area (Å²) in [5, 5.41) is 19.7. The van der Waals surface area contributed by atoms with Crippen LogP contribution in [0, 0.1) is 0 Å². The fraction of sp³-hybridized carbons (Fsp3) is 0. The first-order chi connectivity index (χ1) is 13.2. The number of carbonyl (C=O) groups excluding carboxylic acids is 1. The fourth-order valence-electron chi connectivity index (χ4n) is 2.81. The highest BCUT2D eigenvalue weighted by Gasteiger charge is 2.09. The van der Waals surface area contributed by atoms with Crippen LogP contribution in [-0.2, 0) is 0 Å². The lowest BCUT2D eigenvalue weighted by Gasteiger charge is -2.04. The van der Waals surface area contributed by atoms with E-state index in [-0.39, 0.29) is 11.5 Å². The van der Waals surface area contributed by atoms with E-state index in [0.717, 1.165) is 10.8 Å². The largest absolute Gasteiger partial charge is 0.508 e. The third kappa shape index (κ3) is 3.75. The van der Waals surface area contributed by atoms with Crippen LogP contribution in [0.3, 0.4) is 0 Å². The first-order valence-electron chi connectivity index (χ1n) is 8.53. The third-order valence-electron chi connectivity index (χ3n) is 4.27. The quantitative estimate of drug-likeness (QED) is 0.351. The van der Waals surface area contributed by atoms with Crippen LogP contribution in [0.25, 0.3) is 10.8 Å². The van der Waals surface area contributed by atoms with Crippen LogP contribution in [0.5, 0.6) is 5.75 Å². The number of phenols is 1. The number of carbonyl (C=O) groups is 1. The second-order valence-electron chi connectivity index (χ2n) is 6.15. The summed E-state index contributed by atoms with van der Waals surface area (Å²) < 4.78 is 0. The first-order valence-corrected chi connectivity index (χ1v) is 8.53. The summed E-state index contributed by atoms with van der Waals surface area (Å²) in [5.74, 6) is 0.160. The van der Waals surface area contributed by atoms with Gasteiger partial charge in [0.25, 0.3) is 0 Å². The van der Waals surface area contributed by atoms with Gasteiger partial charge in [0.1, 0.15) is 5.75 Å². The van der Waals surface area contributed by atoms with Crippen LogP contribution in [0.2, 0.25) is 0 Å². The number of phenolic OH excluding ortho intramolecular Hbond substituents is 1. The Morgan fingerprint density at radius 3 is 1.85 bits per heavy atom. The van der Waals surface area contributed by atoms with E-state index >= 15 is 0 Å². The Balaban J connectivity index is 1.53. The molecule has 0 heterocycles. The number of hydrogen-bond donors (Lipinski definition) is 1. The van der Waals surface area contributed by atoms with E-state index in [2.05, 4.69) is 10.2 Å². The van der Waals surface area contributed by atoms with Gasteiger partial charge in [0, 0.05) is 11.1 Å². The molecule has 0 saturated carbocycles. The molecule has 0 aliphatic heterocycles. The van der Waals surface area contributed by atoms with E-state index in [1.807, 2.05) is 42.5 Å². The molecule has 4 aromatic rings. The molecule has 0 amide bonds. The van der Waals surface area contributed by atoms with Gasteiger partial charge in [0.15, 0.2) is 5.78 Å². The van der Waals surface area contributed by atoms with Crippen LogP contribution in [-0.4, -0.2) is 10.9 Å². The van der Waals surface area contributed by atoms with Crippen molar-refractivity contribution in [1.29, 1.82) is 0 Å². The van der Waals surface area contributed by atoms with E-state index in [1.54, 1.807) is 48.5 Å². The highest BCUT2D eigenvalue weighted by Crippen LogP contribution is 2.22. The second-order valence-corrected chi connectivity index (χ2v) is 6.15. The number of rotatable bonds is 4. The van der Waals surface area contributed by atoms with Crippen molar-refractivity contribution < 1.29 is 9.90 Å². The van der Waals surface area contributed by atoms with Crippen molar-refractivity contribution in [3.63, 3.8) is 0 Å². The minimum absolute atomic E-state index is 0.0252. The van der Waals surface area contributed by atoms with Crippen molar-refractivity contribution >= 4 is 27.9 Å². The second kappa shape index (κ2) is 7.22. The van der Waals surface area contributed by atoms with Gasteiger partial charge in [0.2, 0.25) is 0 Å². The molecule has 0 saturated heterocycles. The number of nitrogens with zero attached hydrogens (tertiary/aromatic N) is 2. The molecule has 4 nitrogen and oxygen atoms in total. The molecule has 4 aromatic carbocycles. The predicted octanol–water partition coefficient (Wildman–Crippen LogP) is 6.19. The van der Waals surface area contributed by atoms with Crippen molar-refractivity contribution in [2.75, 3.05) is 0 Å². The number of aromatic hydroxyl groups is 1. The molecule has 0 unspecified atom stereocenters. The van der Waals surface area contributed by atoms with Crippen LogP contribution in [0.15, 0.2) is 101 Å². The zero-order valence-corrected chi connectivity index (χ0v) is 14.4. The van der Waals surface area contributed by atoms with Crippen molar-refractivity contribution in [2.45, 2.75) is 0 Å². The molecule has 0 atom stereocenters. The fourth-order valence-corrected chi connectivity index (χ4v) is 2.81. The van der Waals surface area contributed by atoms with Gasteiger partial charge in [-0.05, 0) is 65.4 Å². The van der Waals surface area contributed by atoms with Crippen LogP contribution in [0.1, 0.15) is 15.9 Å². The maximum absolute atomic E-state index is 12.7. The molecular weight excluding hydrogens is 336 g/mol. The monoisotopic (exact) mass is 352 g/mol.